The average molecular weight is 462 g/mol. The summed E-state index contributed by atoms with van der Waals surface area (Å²) in [5.41, 5.74) is 0.250. The molecule has 0 spiro atoms. The van der Waals surface area contributed by atoms with Crippen LogP contribution in [0, 0.1) is 0 Å². The summed E-state index contributed by atoms with van der Waals surface area (Å²) in [7, 11) is 0. The molecule has 1 amide bonds. The van der Waals surface area contributed by atoms with Gasteiger partial charge in [-0.1, -0.05) is 48.2 Å². The molecule has 0 saturated carbocycles. The van der Waals surface area contributed by atoms with E-state index in [0.717, 1.165) is 11.8 Å². The maximum atomic E-state index is 13.3. The molecule has 1 aliphatic heterocycles. The number of pyridine rings is 1. The smallest absolute Gasteiger partial charge is 0.269 e. The molecule has 5 rings (SSSR count). The van der Waals surface area contributed by atoms with Crippen molar-refractivity contribution in [3.63, 3.8) is 0 Å². The summed E-state index contributed by atoms with van der Waals surface area (Å²) in [5, 5.41) is 0. The number of carbonyl (C=O) groups excluding carboxylic acids is 1. The third-order valence-electron chi connectivity index (χ3n) is 4.73. The number of hydrogen-bond acceptors (Lipinski definition) is 7. The highest BCUT2D eigenvalue weighted by Gasteiger charge is 2.33. The molecule has 0 unspecified atom stereocenters. The van der Waals surface area contributed by atoms with Gasteiger partial charge in [-0.15, -0.1) is 0 Å². The Morgan fingerprint density at radius 3 is 2.66 bits per heavy atom. The van der Waals surface area contributed by atoms with E-state index in [1.165, 1.54) is 21.6 Å². The monoisotopic (exact) mass is 461 g/mol. The van der Waals surface area contributed by atoms with E-state index in [9.17, 15) is 9.59 Å². The van der Waals surface area contributed by atoms with Crippen molar-refractivity contribution in [1.29, 1.82) is 0 Å². The number of para-hydroxylation sites is 1. The standard InChI is InChI=1S/C23H15N3O4S2/c27-21-17(13-18-22(28)26(23(31)32-18)14-16-9-6-12-29-16)20(30-15-7-2-1-3-8-15)24-19-10-4-5-11-25(19)21/h1-13H,14H2/b18-13-. The molecule has 9 heteroatoms. The molecular formula is C23H15N3O4S2. The van der Waals surface area contributed by atoms with Gasteiger partial charge in [0.1, 0.15) is 27.0 Å². The van der Waals surface area contributed by atoms with Gasteiger partial charge in [0.15, 0.2) is 0 Å². The van der Waals surface area contributed by atoms with Crippen molar-refractivity contribution >= 4 is 45.9 Å². The second-order valence-electron chi connectivity index (χ2n) is 6.83. The predicted octanol–water partition coefficient (Wildman–Crippen LogP) is 4.48. The van der Waals surface area contributed by atoms with E-state index in [-0.39, 0.29) is 29.5 Å². The average Bonchev–Trinajstić information content (AvgIpc) is 3.41. The van der Waals surface area contributed by atoms with Crippen LogP contribution in [0.1, 0.15) is 11.3 Å². The minimum Gasteiger partial charge on any atom is -0.467 e. The zero-order valence-corrected chi connectivity index (χ0v) is 18.1. The molecule has 0 N–H and O–H groups in total. The minimum atomic E-state index is -0.349. The first-order valence-electron chi connectivity index (χ1n) is 9.62. The summed E-state index contributed by atoms with van der Waals surface area (Å²) in [4.78, 5) is 32.6. The van der Waals surface area contributed by atoms with Crippen molar-refractivity contribution in [3.05, 3.63) is 99.7 Å². The van der Waals surface area contributed by atoms with Gasteiger partial charge >= 0.3 is 0 Å². The number of fused-ring (bicyclic) bond motifs is 1. The van der Waals surface area contributed by atoms with Crippen LogP contribution in [0.3, 0.4) is 0 Å². The summed E-state index contributed by atoms with van der Waals surface area (Å²) in [6.45, 7) is 0.220. The third kappa shape index (κ3) is 3.83. The second kappa shape index (κ2) is 8.45. The van der Waals surface area contributed by atoms with Crippen LogP contribution in [0.2, 0.25) is 0 Å². The van der Waals surface area contributed by atoms with E-state index in [2.05, 4.69) is 4.98 Å². The first-order valence-corrected chi connectivity index (χ1v) is 10.8. The van der Waals surface area contributed by atoms with Crippen LogP contribution in [0.25, 0.3) is 11.7 Å². The highest BCUT2D eigenvalue weighted by atomic mass is 32.2. The summed E-state index contributed by atoms with van der Waals surface area (Å²) >= 11 is 6.51. The summed E-state index contributed by atoms with van der Waals surface area (Å²) in [6.07, 6.45) is 4.66. The van der Waals surface area contributed by atoms with Crippen molar-refractivity contribution in [3.8, 4) is 11.6 Å². The minimum absolute atomic E-state index is 0.115. The van der Waals surface area contributed by atoms with Crippen LogP contribution in [0.15, 0.2) is 87.2 Å². The fourth-order valence-electron chi connectivity index (χ4n) is 3.21. The van der Waals surface area contributed by atoms with Crippen LogP contribution in [-0.2, 0) is 11.3 Å². The lowest BCUT2D eigenvalue weighted by molar-refractivity contribution is -0.122. The first-order chi connectivity index (χ1) is 15.6. The fourth-order valence-corrected chi connectivity index (χ4v) is 4.45. The Morgan fingerprint density at radius 1 is 1.06 bits per heavy atom. The van der Waals surface area contributed by atoms with Crippen molar-refractivity contribution in [1.82, 2.24) is 14.3 Å². The Bertz CT molecular complexity index is 1410. The lowest BCUT2D eigenvalue weighted by Crippen LogP contribution is -2.27. The number of hydrogen-bond donors (Lipinski definition) is 0. The summed E-state index contributed by atoms with van der Waals surface area (Å²) in [6, 6.07) is 17.8. The molecule has 7 nitrogen and oxygen atoms in total. The van der Waals surface area contributed by atoms with Crippen LogP contribution in [0.4, 0.5) is 0 Å². The lowest BCUT2D eigenvalue weighted by atomic mass is 10.2. The van der Waals surface area contributed by atoms with Crippen molar-refractivity contribution in [2.24, 2.45) is 0 Å². The topological polar surface area (TPSA) is 77.0 Å². The Hall–Kier alpha value is -3.69. The number of thiocarbonyl (C=S) groups is 1. The number of thioether (sulfide) groups is 1. The summed E-state index contributed by atoms with van der Waals surface area (Å²) < 4.78 is 13.1. The number of carbonyl (C=O) groups is 1. The summed E-state index contributed by atoms with van der Waals surface area (Å²) in [5.74, 6) is 0.950. The third-order valence-corrected chi connectivity index (χ3v) is 6.11. The normalized spacial score (nSPS) is 15.1. The Morgan fingerprint density at radius 2 is 1.88 bits per heavy atom. The highest BCUT2D eigenvalue weighted by Crippen LogP contribution is 2.35. The molecule has 3 aromatic heterocycles. The SMILES string of the molecule is O=C1/C(=C/c2c(Oc3ccccc3)nc3ccccn3c2=O)SC(=S)N1Cc1ccco1. The van der Waals surface area contributed by atoms with Crippen LogP contribution in [-0.4, -0.2) is 24.5 Å². The second-order valence-corrected chi connectivity index (χ2v) is 8.50. The molecule has 1 aliphatic rings. The molecule has 4 aromatic rings. The Labute approximate surface area is 191 Å². The predicted molar refractivity (Wildman–Crippen MR) is 125 cm³/mol. The molecule has 0 radical (unpaired) electrons. The highest BCUT2D eigenvalue weighted by molar-refractivity contribution is 8.26. The van der Waals surface area contributed by atoms with Gasteiger partial charge in [0, 0.05) is 6.20 Å². The Balaban J connectivity index is 1.58. The zero-order chi connectivity index (χ0) is 22.1. The van der Waals surface area contributed by atoms with Crippen LogP contribution in [0.5, 0.6) is 11.6 Å². The largest absolute Gasteiger partial charge is 0.467 e. The van der Waals surface area contributed by atoms with Gasteiger partial charge in [-0.3, -0.25) is 18.9 Å². The van der Waals surface area contributed by atoms with Gasteiger partial charge in [0.2, 0.25) is 5.88 Å². The van der Waals surface area contributed by atoms with E-state index in [1.807, 2.05) is 18.2 Å². The number of ether oxygens (including phenoxy) is 1. The van der Waals surface area contributed by atoms with Crippen LogP contribution >= 0.6 is 24.0 Å². The van der Waals surface area contributed by atoms with Crippen molar-refractivity contribution in [2.45, 2.75) is 6.54 Å². The van der Waals surface area contributed by atoms with Gasteiger partial charge in [-0.2, -0.15) is 4.98 Å². The molecule has 1 aromatic carbocycles. The van der Waals surface area contributed by atoms with Gasteiger partial charge < -0.3 is 9.15 Å². The van der Waals surface area contributed by atoms with E-state index >= 15 is 0 Å². The molecule has 1 fully saturated rings. The Kier molecular flexibility index (Phi) is 5.34. The number of amides is 1. The zero-order valence-electron chi connectivity index (χ0n) is 16.5. The number of benzene rings is 1. The van der Waals surface area contributed by atoms with Crippen LogP contribution < -0.4 is 10.3 Å². The number of aromatic nitrogens is 2. The quantitative estimate of drug-likeness (QED) is 0.320. The number of furan rings is 1. The van der Waals surface area contributed by atoms with Gasteiger partial charge in [0.25, 0.3) is 11.5 Å². The molecule has 1 saturated heterocycles. The molecular weight excluding hydrogens is 446 g/mol. The van der Waals surface area contributed by atoms with E-state index < -0.39 is 0 Å². The maximum Gasteiger partial charge on any atom is 0.269 e. The van der Waals surface area contributed by atoms with E-state index in [1.54, 1.807) is 48.7 Å². The lowest BCUT2D eigenvalue weighted by Gasteiger charge is -2.12. The molecule has 158 valence electrons. The number of rotatable bonds is 5. The van der Waals surface area contributed by atoms with Gasteiger partial charge in [0.05, 0.1) is 17.7 Å². The van der Waals surface area contributed by atoms with Crippen molar-refractivity contribution in [2.75, 3.05) is 0 Å². The maximum absolute atomic E-state index is 13.3. The van der Waals surface area contributed by atoms with Crippen molar-refractivity contribution < 1.29 is 13.9 Å². The van der Waals surface area contributed by atoms with E-state index in [4.69, 9.17) is 21.4 Å². The molecule has 32 heavy (non-hydrogen) atoms. The fraction of sp³-hybridized carbons (Fsp3) is 0.0435. The molecule has 0 aliphatic carbocycles. The number of nitrogens with zero attached hydrogens (tertiary/aromatic N) is 3. The molecule has 0 atom stereocenters. The molecule has 4 heterocycles. The van der Waals surface area contributed by atoms with Gasteiger partial charge in [-0.25, -0.2) is 0 Å². The van der Waals surface area contributed by atoms with Gasteiger partial charge in [-0.05, 0) is 42.5 Å². The first kappa shape index (κ1) is 20.2. The van der Waals surface area contributed by atoms with E-state index in [0.29, 0.717) is 26.4 Å². The molecule has 0 bridgehead atoms.